The van der Waals surface area contributed by atoms with Crippen LogP contribution in [0.25, 0.3) is 11.0 Å². The molecule has 4 aromatic rings. The quantitative estimate of drug-likeness (QED) is 0.424. The zero-order valence-electron chi connectivity index (χ0n) is 18.5. The molecule has 31 heavy (non-hydrogen) atoms. The lowest BCUT2D eigenvalue weighted by Gasteiger charge is -2.18. The Labute approximate surface area is 183 Å². The number of nitrogens with zero attached hydrogens (tertiary/aromatic N) is 2. The van der Waals surface area contributed by atoms with E-state index in [2.05, 4.69) is 86.0 Å². The fraction of sp³-hybridized carbons (Fsp3) is 0.296. The van der Waals surface area contributed by atoms with E-state index in [1.54, 1.807) is 0 Å². The SMILES string of the molecule is Cc1ccc(CCC(CO)n2c(=N)n(C(C)c3ccc(C)cc3)c3ccccc32)cc1. The van der Waals surface area contributed by atoms with Crippen LogP contribution < -0.4 is 5.62 Å². The Bertz CT molecular complexity index is 1220. The number of rotatable bonds is 7. The van der Waals surface area contributed by atoms with Crippen LogP contribution in [0.2, 0.25) is 0 Å². The largest absolute Gasteiger partial charge is 0.394 e. The first-order valence-corrected chi connectivity index (χ1v) is 11.0. The molecular formula is C27H31N3O. The normalized spacial score (nSPS) is 13.4. The molecule has 0 aliphatic rings. The van der Waals surface area contributed by atoms with Crippen LogP contribution in [0.5, 0.6) is 0 Å². The molecule has 0 saturated carbocycles. The van der Waals surface area contributed by atoms with Gasteiger partial charge in [-0.15, -0.1) is 0 Å². The van der Waals surface area contributed by atoms with Gasteiger partial charge in [0.05, 0.1) is 29.7 Å². The molecule has 4 nitrogen and oxygen atoms in total. The Morgan fingerprint density at radius 3 is 1.94 bits per heavy atom. The Kier molecular flexibility index (Phi) is 6.10. The standard InChI is InChI=1S/C27H31N3O/c1-19-8-12-22(13-9-19)14-17-24(18-31)30-26-7-5-4-6-25(26)29(27(30)28)21(3)23-15-10-20(2)11-16-23/h4-13,15-16,21,24,28,31H,14,17-18H2,1-3H3. The van der Waals surface area contributed by atoms with Gasteiger partial charge in [-0.2, -0.15) is 0 Å². The summed E-state index contributed by atoms with van der Waals surface area (Å²) < 4.78 is 4.09. The zero-order chi connectivity index (χ0) is 22.0. The summed E-state index contributed by atoms with van der Waals surface area (Å²) in [7, 11) is 0. The van der Waals surface area contributed by atoms with Crippen LogP contribution in [0.3, 0.4) is 0 Å². The summed E-state index contributed by atoms with van der Waals surface area (Å²) in [6.45, 7) is 6.32. The monoisotopic (exact) mass is 413 g/mol. The van der Waals surface area contributed by atoms with Gasteiger partial charge in [-0.25, -0.2) is 0 Å². The number of hydrogen-bond donors (Lipinski definition) is 2. The first-order valence-electron chi connectivity index (χ1n) is 11.0. The van der Waals surface area contributed by atoms with Crippen molar-refractivity contribution in [2.24, 2.45) is 0 Å². The van der Waals surface area contributed by atoms with E-state index >= 15 is 0 Å². The van der Waals surface area contributed by atoms with E-state index in [0.717, 1.165) is 23.9 Å². The molecule has 0 aliphatic carbocycles. The van der Waals surface area contributed by atoms with E-state index in [1.807, 2.05) is 16.7 Å². The summed E-state index contributed by atoms with van der Waals surface area (Å²) in [6.07, 6.45) is 1.65. The third kappa shape index (κ3) is 4.21. The van der Waals surface area contributed by atoms with E-state index in [-0.39, 0.29) is 18.7 Å². The molecule has 1 aromatic heterocycles. The molecule has 1 heterocycles. The minimum Gasteiger partial charge on any atom is -0.394 e. The molecule has 0 spiro atoms. The van der Waals surface area contributed by atoms with Gasteiger partial charge >= 0.3 is 0 Å². The van der Waals surface area contributed by atoms with Crippen LogP contribution in [0.4, 0.5) is 0 Å². The van der Waals surface area contributed by atoms with Gasteiger partial charge in [0.15, 0.2) is 0 Å². The van der Waals surface area contributed by atoms with Crippen LogP contribution in [0.15, 0.2) is 72.8 Å². The average molecular weight is 414 g/mol. The topological polar surface area (TPSA) is 53.9 Å². The second-order valence-corrected chi connectivity index (χ2v) is 8.50. The molecule has 4 rings (SSSR count). The average Bonchev–Trinajstić information content (AvgIpc) is 3.07. The van der Waals surface area contributed by atoms with Gasteiger partial charge in [-0.3, -0.25) is 5.41 Å². The molecule has 0 radical (unpaired) electrons. The second-order valence-electron chi connectivity index (χ2n) is 8.50. The fourth-order valence-corrected chi connectivity index (χ4v) is 4.36. The number of aliphatic hydroxyl groups is 1. The number of aryl methyl sites for hydroxylation is 3. The second kappa shape index (κ2) is 8.94. The predicted octanol–water partition coefficient (Wildman–Crippen LogP) is 5.31. The molecule has 0 saturated heterocycles. The van der Waals surface area contributed by atoms with Gasteiger partial charge in [0.25, 0.3) is 0 Å². The van der Waals surface area contributed by atoms with Crippen LogP contribution in [0.1, 0.15) is 47.7 Å². The van der Waals surface area contributed by atoms with E-state index in [4.69, 9.17) is 5.41 Å². The van der Waals surface area contributed by atoms with E-state index in [1.165, 1.54) is 22.3 Å². The molecule has 0 bridgehead atoms. The number of hydrogen-bond acceptors (Lipinski definition) is 2. The number of aromatic nitrogens is 2. The number of imidazole rings is 1. The van der Waals surface area contributed by atoms with Crippen molar-refractivity contribution >= 4 is 11.0 Å². The van der Waals surface area contributed by atoms with Gasteiger partial charge in [0, 0.05) is 0 Å². The van der Waals surface area contributed by atoms with Crippen LogP contribution in [0, 0.1) is 19.3 Å². The number of nitrogens with one attached hydrogen (secondary N) is 1. The van der Waals surface area contributed by atoms with Crippen molar-refractivity contribution < 1.29 is 5.11 Å². The van der Waals surface area contributed by atoms with Gasteiger partial charge in [-0.05, 0) is 56.9 Å². The predicted molar refractivity (Wildman–Crippen MR) is 126 cm³/mol. The third-order valence-corrected chi connectivity index (χ3v) is 6.27. The lowest BCUT2D eigenvalue weighted by molar-refractivity contribution is 0.218. The smallest absolute Gasteiger partial charge is 0.203 e. The number of para-hydroxylation sites is 2. The molecule has 2 unspecified atom stereocenters. The Morgan fingerprint density at radius 1 is 0.806 bits per heavy atom. The van der Waals surface area contributed by atoms with Crippen molar-refractivity contribution in [3.8, 4) is 0 Å². The molecular weight excluding hydrogens is 382 g/mol. The van der Waals surface area contributed by atoms with Gasteiger partial charge in [-0.1, -0.05) is 71.8 Å². The third-order valence-electron chi connectivity index (χ3n) is 6.27. The van der Waals surface area contributed by atoms with Crippen molar-refractivity contribution in [2.45, 2.75) is 45.7 Å². The van der Waals surface area contributed by atoms with Gasteiger partial charge < -0.3 is 14.2 Å². The molecule has 3 aromatic carbocycles. The summed E-state index contributed by atoms with van der Waals surface area (Å²) in [5, 5.41) is 19.3. The first kappa shape index (κ1) is 21.1. The summed E-state index contributed by atoms with van der Waals surface area (Å²) in [5.41, 5.74) is 7.35. The van der Waals surface area contributed by atoms with Crippen molar-refractivity contribution in [3.63, 3.8) is 0 Å². The maximum Gasteiger partial charge on any atom is 0.203 e. The van der Waals surface area contributed by atoms with Gasteiger partial charge in [0.2, 0.25) is 5.62 Å². The van der Waals surface area contributed by atoms with Crippen LogP contribution in [-0.4, -0.2) is 20.8 Å². The van der Waals surface area contributed by atoms with Crippen molar-refractivity contribution in [1.29, 1.82) is 5.41 Å². The highest BCUT2D eigenvalue weighted by Crippen LogP contribution is 2.26. The minimum absolute atomic E-state index is 0.00925. The summed E-state index contributed by atoms with van der Waals surface area (Å²) in [4.78, 5) is 0. The highest BCUT2D eigenvalue weighted by atomic mass is 16.3. The molecule has 2 N–H and O–H groups in total. The van der Waals surface area contributed by atoms with E-state index in [9.17, 15) is 5.11 Å². The molecule has 0 aliphatic heterocycles. The Morgan fingerprint density at radius 2 is 1.35 bits per heavy atom. The molecule has 0 fully saturated rings. The lowest BCUT2D eigenvalue weighted by Crippen LogP contribution is -2.31. The Balaban J connectivity index is 1.73. The fourth-order valence-electron chi connectivity index (χ4n) is 4.36. The van der Waals surface area contributed by atoms with Crippen molar-refractivity contribution in [1.82, 2.24) is 9.13 Å². The summed E-state index contributed by atoms with van der Waals surface area (Å²) in [5.74, 6) is 0. The first-order chi connectivity index (χ1) is 15.0. The summed E-state index contributed by atoms with van der Waals surface area (Å²) >= 11 is 0. The highest BCUT2D eigenvalue weighted by Gasteiger charge is 2.21. The van der Waals surface area contributed by atoms with Crippen LogP contribution >= 0.6 is 0 Å². The van der Waals surface area contributed by atoms with Gasteiger partial charge in [0.1, 0.15) is 0 Å². The number of benzene rings is 3. The summed E-state index contributed by atoms with van der Waals surface area (Å²) in [6, 6.07) is 25.1. The maximum absolute atomic E-state index is 10.3. The number of aliphatic hydroxyl groups excluding tert-OH is 1. The molecule has 4 heteroatoms. The molecule has 2 atom stereocenters. The Hall–Kier alpha value is -3.11. The molecule has 160 valence electrons. The minimum atomic E-state index is -0.148. The van der Waals surface area contributed by atoms with E-state index < -0.39 is 0 Å². The van der Waals surface area contributed by atoms with E-state index in [0.29, 0.717) is 5.62 Å². The zero-order valence-corrected chi connectivity index (χ0v) is 18.5. The van der Waals surface area contributed by atoms with Crippen LogP contribution in [-0.2, 0) is 6.42 Å². The lowest BCUT2D eigenvalue weighted by atomic mass is 10.0. The van der Waals surface area contributed by atoms with Crippen molar-refractivity contribution in [2.75, 3.05) is 6.61 Å². The highest BCUT2D eigenvalue weighted by molar-refractivity contribution is 5.76. The van der Waals surface area contributed by atoms with Crippen molar-refractivity contribution in [3.05, 3.63) is 101 Å². The number of fused-ring (bicyclic) bond motifs is 1. The molecule has 0 amide bonds. The maximum atomic E-state index is 10.3.